The highest BCUT2D eigenvalue weighted by Gasteiger charge is 2.17. The molecule has 1 amide bonds. The second kappa shape index (κ2) is 8.52. The maximum atomic E-state index is 11.7. The van der Waals surface area contributed by atoms with E-state index in [2.05, 4.69) is 24.5 Å². The predicted molar refractivity (Wildman–Crippen MR) is 83.9 cm³/mol. The highest BCUT2D eigenvalue weighted by Crippen LogP contribution is 2.31. The molecule has 0 aliphatic heterocycles. The monoisotopic (exact) mass is 294 g/mol. The molecule has 2 unspecified atom stereocenters. The molecule has 0 spiro atoms. The smallest absolute Gasteiger partial charge is 0.260 e. The van der Waals surface area contributed by atoms with E-state index in [1.807, 2.05) is 25.1 Å². The molecule has 5 nitrogen and oxygen atoms in total. The second-order valence-corrected chi connectivity index (χ2v) is 4.84. The lowest BCUT2D eigenvalue weighted by atomic mass is 10.1. The van der Waals surface area contributed by atoms with E-state index in [9.17, 15) is 4.79 Å². The molecule has 5 heteroatoms. The lowest BCUT2D eigenvalue weighted by Gasteiger charge is -2.19. The summed E-state index contributed by atoms with van der Waals surface area (Å²) in [7, 11) is 1.60. The zero-order valence-electron chi connectivity index (χ0n) is 13.5. The molecule has 2 N–H and O–H groups in total. The van der Waals surface area contributed by atoms with E-state index in [0.717, 1.165) is 12.1 Å². The van der Waals surface area contributed by atoms with Crippen molar-refractivity contribution < 1.29 is 14.3 Å². The van der Waals surface area contributed by atoms with Crippen LogP contribution in [0.25, 0.3) is 0 Å². The number of carbonyl (C=O) groups is 1. The standard InChI is InChI=1S/C16H26N2O3/c1-6-17-11(3)13-8-9-14(15(10-13)20-5)21-12(4)16(19)18-7-2/h8-12,17H,6-7H2,1-5H3,(H,18,19). The minimum atomic E-state index is -0.559. The zero-order valence-corrected chi connectivity index (χ0v) is 13.5. The Balaban J connectivity index is 2.86. The van der Waals surface area contributed by atoms with Gasteiger partial charge >= 0.3 is 0 Å². The molecule has 0 radical (unpaired) electrons. The number of likely N-dealkylation sites (N-methyl/N-ethyl adjacent to an activating group) is 1. The Kier molecular flexibility index (Phi) is 7.02. The van der Waals surface area contributed by atoms with E-state index < -0.39 is 6.10 Å². The van der Waals surface area contributed by atoms with Gasteiger partial charge in [0.2, 0.25) is 0 Å². The summed E-state index contributed by atoms with van der Waals surface area (Å²) in [5, 5.41) is 6.08. The molecule has 0 bridgehead atoms. The number of hydrogen-bond donors (Lipinski definition) is 2. The molecule has 0 fully saturated rings. The number of hydrogen-bond acceptors (Lipinski definition) is 4. The summed E-state index contributed by atoms with van der Waals surface area (Å²) < 4.78 is 11.1. The van der Waals surface area contributed by atoms with E-state index in [1.54, 1.807) is 14.0 Å². The van der Waals surface area contributed by atoms with Crippen LogP contribution in [0, 0.1) is 0 Å². The molecule has 0 aliphatic rings. The number of nitrogens with one attached hydrogen (secondary N) is 2. The van der Waals surface area contributed by atoms with Gasteiger partial charge in [-0.25, -0.2) is 0 Å². The molecule has 1 aromatic rings. The van der Waals surface area contributed by atoms with Crippen molar-refractivity contribution in [2.75, 3.05) is 20.2 Å². The number of carbonyl (C=O) groups excluding carboxylic acids is 1. The molecule has 0 saturated heterocycles. The molecule has 1 aromatic carbocycles. The lowest BCUT2D eigenvalue weighted by molar-refractivity contribution is -0.127. The van der Waals surface area contributed by atoms with Crippen molar-refractivity contribution in [3.05, 3.63) is 23.8 Å². The van der Waals surface area contributed by atoms with Gasteiger partial charge in [0.25, 0.3) is 5.91 Å². The van der Waals surface area contributed by atoms with Gasteiger partial charge in [-0.05, 0) is 45.0 Å². The van der Waals surface area contributed by atoms with Gasteiger partial charge in [-0.15, -0.1) is 0 Å². The fraction of sp³-hybridized carbons (Fsp3) is 0.562. The molecule has 0 aromatic heterocycles. The largest absolute Gasteiger partial charge is 0.493 e. The number of ether oxygens (including phenoxy) is 2. The van der Waals surface area contributed by atoms with Crippen molar-refractivity contribution in [1.82, 2.24) is 10.6 Å². The first-order chi connectivity index (χ1) is 10.0. The summed E-state index contributed by atoms with van der Waals surface area (Å²) in [5.74, 6) is 1.07. The van der Waals surface area contributed by atoms with Gasteiger partial charge in [-0.2, -0.15) is 0 Å². The molecule has 2 atom stereocenters. The third-order valence-corrected chi connectivity index (χ3v) is 3.22. The average molecular weight is 294 g/mol. The predicted octanol–water partition coefficient (Wildman–Crippen LogP) is 2.27. The fourth-order valence-corrected chi connectivity index (χ4v) is 2.04. The summed E-state index contributed by atoms with van der Waals surface area (Å²) in [6, 6.07) is 6.00. The van der Waals surface area contributed by atoms with Crippen molar-refractivity contribution in [2.24, 2.45) is 0 Å². The topological polar surface area (TPSA) is 59.6 Å². The van der Waals surface area contributed by atoms with Crippen LogP contribution in [-0.4, -0.2) is 32.2 Å². The number of rotatable bonds is 8. The summed E-state index contributed by atoms with van der Waals surface area (Å²) in [4.78, 5) is 11.7. The summed E-state index contributed by atoms with van der Waals surface area (Å²) in [6.07, 6.45) is -0.559. The van der Waals surface area contributed by atoms with Crippen LogP contribution >= 0.6 is 0 Å². The van der Waals surface area contributed by atoms with Crippen molar-refractivity contribution in [1.29, 1.82) is 0 Å². The maximum absolute atomic E-state index is 11.7. The average Bonchev–Trinajstić information content (AvgIpc) is 2.48. The molecular weight excluding hydrogens is 268 g/mol. The highest BCUT2D eigenvalue weighted by atomic mass is 16.5. The number of methoxy groups -OCH3 is 1. The maximum Gasteiger partial charge on any atom is 0.260 e. The summed E-state index contributed by atoms with van der Waals surface area (Å²) in [6.45, 7) is 9.25. The highest BCUT2D eigenvalue weighted by molar-refractivity contribution is 5.80. The Hall–Kier alpha value is -1.75. The Morgan fingerprint density at radius 1 is 1.19 bits per heavy atom. The molecule has 1 rings (SSSR count). The lowest BCUT2D eigenvalue weighted by Crippen LogP contribution is -2.36. The van der Waals surface area contributed by atoms with Crippen molar-refractivity contribution >= 4 is 5.91 Å². The minimum Gasteiger partial charge on any atom is -0.493 e. The number of amides is 1. The Morgan fingerprint density at radius 2 is 1.90 bits per heavy atom. The molecule has 0 heterocycles. The fourth-order valence-electron chi connectivity index (χ4n) is 2.04. The summed E-state index contributed by atoms with van der Waals surface area (Å²) >= 11 is 0. The van der Waals surface area contributed by atoms with Crippen LogP contribution in [0.4, 0.5) is 0 Å². The van der Waals surface area contributed by atoms with Crippen molar-refractivity contribution in [3.8, 4) is 11.5 Å². The normalized spacial score (nSPS) is 13.4. The van der Waals surface area contributed by atoms with E-state index in [1.165, 1.54) is 0 Å². The van der Waals surface area contributed by atoms with Gasteiger partial charge in [0.1, 0.15) is 0 Å². The van der Waals surface area contributed by atoms with Crippen LogP contribution in [0.15, 0.2) is 18.2 Å². The van der Waals surface area contributed by atoms with Crippen molar-refractivity contribution in [2.45, 2.75) is 39.8 Å². The Bertz CT molecular complexity index is 463. The zero-order chi connectivity index (χ0) is 15.8. The molecule has 118 valence electrons. The van der Waals surface area contributed by atoms with Gasteiger partial charge in [0, 0.05) is 12.6 Å². The first kappa shape index (κ1) is 17.3. The Morgan fingerprint density at radius 3 is 2.48 bits per heavy atom. The van der Waals surface area contributed by atoms with E-state index >= 15 is 0 Å². The first-order valence-corrected chi connectivity index (χ1v) is 7.39. The van der Waals surface area contributed by atoms with Gasteiger partial charge in [0.05, 0.1) is 7.11 Å². The van der Waals surface area contributed by atoms with Gasteiger partial charge < -0.3 is 20.1 Å². The minimum absolute atomic E-state index is 0.135. The van der Waals surface area contributed by atoms with E-state index in [0.29, 0.717) is 18.0 Å². The van der Waals surface area contributed by atoms with Crippen LogP contribution < -0.4 is 20.1 Å². The quantitative estimate of drug-likeness (QED) is 0.772. The second-order valence-electron chi connectivity index (χ2n) is 4.84. The van der Waals surface area contributed by atoms with Crippen LogP contribution in [0.2, 0.25) is 0 Å². The van der Waals surface area contributed by atoms with Gasteiger partial charge in [-0.3, -0.25) is 4.79 Å². The first-order valence-electron chi connectivity index (χ1n) is 7.39. The van der Waals surface area contributed by atoms with Crippen LogP contribution in [0.1, 0.15) is 39.3 Å². The van der Waals surface area contributed by atoms with E-state index in [-0.39, 0.29) is 11.9 Å². The van der Waals surface area contributed by atoms with Gasteiger partial charge in [0.15, 0.2) is 17.6 Å². The SMILES string of the molecule is CCNC(=O)C(C)Oc1ccc(C(C)NCC)cc1OC. The third-order valence-electron chi connectivity index (χ3n) is 3.22. The third kappa shape index (κ3) is 4.93. The number of benzene rings is 1. The molecule has 0 saturated carbocycles. The summed E-state index contributed by atoms with van der Waals surface area (Å²) in [5.41, 5.74) is 1.12. The van der Waals surface area contributed by atoms with Crippen LogP contribution in [0.5, 0.6) is 11.5 Å². The van der Waals surface area contributed by atoms with Gasteiger partial charge in [-0.1, -0.05) is 13.0 Å². The van der Waals surface area contributed by atoms with Crippen molar-refractivity contribution in [3.63, 3.8) is 0 Å². The van der Waals surface area contributed by atoms with E-state index in [4.69, 9.17) is 9.47 Å². The Labute approximate surface area is 127 Å². The van der Waals surface area contributed by atoms with Crippen LogP contribution in [0.3, 0.4) is 0 Å². The van der Waals surface area contributed by atoms with Crippen LogP contribution in [-0.2, 0) is 4.79 Å². The molecule has 21 heavy (non-hydrogen) atoms. The molecule has 0 aliphatic carbocycles. The molecular formula is C16H26N2O3.